The highest BCUT2D eigenvalue weighted by Crippen LogP contribution is 2.26. The molecule has 1 amide bonds. The summed E-state index contributed by atoms with van der Waals surface area (Å²) >= 11 is 6.02. The third-order valence-electron chi connectivity index (χ3n) is 5.77. The molecule has 0 spiro atoms. The Morgan fingerprint density at radius 1 is 1.06 bits per heavy atom. The van der Waals surface area contributed by atoms with Crippen LogP contribution in [0.1, 0.15) is 10.5 Å². The average molecular weight is 480 g/mol. The van der Waals surface area contributed by atoms with Crippen LogP contribution in [-0.4, -0.2) is 64.8 Å². The minimum atomic E-state index is -0.407. The summed E-state index contributed by atoms with van der Waals surface area (Å²) in [6.07, 6.45) is 0. The van der Waals surface area contributed by atoms with Gasteiger partial charge in [-0.1, -0.05) is 35.9 Å². The number of fused-ring (bicyclic) bond motifs is 1. The molecule has 4 aromatic rings. The molecule has 34 heavy (non-hydrogen) atoms. The smallest absolute Gasteiger partial charge is 0.270 e. The topological polar surface area (TPSA) is 71.8 Å². The molecule has 0 atom stereocenters. The highest BCUT2D eigenvalue weighted by Gasteiger charge is 2.19. The van der Waals surface area contributed by atoms with Gasteiger partial charge >= 0.3 is 0 Å². The van der Waals surface area contributed by atoms with Gasteiger partial charge in [0.05, 0.1) is 24.6 Å². The van der Waals surface area contributed by atoms with E-state index < -0.39 is 5.82 Å². The van der Waals surface area contributed by atoms with Gasteiger partial charge in [-0.3, -0.25) is 9.69 Å². The molecule has 1 N–H and O–H groups in total. The second-order valence-corrected chi connectivity index (χ2v) is 8.46. The first kappa shape index (κ1) is 22.5. The molecular weight excluding hydrogens is 457 g/mol. The lowest BCUT2D eigenvalue weighted by Gasteiger charge is -2.26. The Morgan fingerprint density at radius 3 is 2.59 bits per heavy atom. The number of halogens is 2. The maximum atomic E-state index is 14.5. The number of carbonyl (C=O) groups is 1. The maximum absolute atomic E-state index is 14.5. The fourth-order valence-corrected chi connectivity index (χ4v) is 4.07. The highest BCUT2D eigenvalue weighted by molar-refractivity contribution is 6.30. The van der Waals surface area contributed by atoms with E-state index >= 15 is 0 Å². The van der Waals surface area contributed by atoms with Gasteiger partial charge in [0.15, 0.2) is 5.65 Å². The molecule has 0 unspecified atom stereocenters. The molecule has 1 aliphatic rings. The van der Waals surface area contributed by atoms with E-state index in [1.54, 1.807) is 42.5 Å². The zero-order valence-electron chi connectivity index (χ0n) is 18.4. The lowest BCUT2D eigenvalue weighted by Crippen LogP contribution is -2.41. The van der Waals surface area contributed by atoms with Crippen LogP contribution in [-0.2, 0) is 4.74 Å². The quantitative estimate of drug-likeness (QED) is 0.454. The Balaban J connectivity index is 1.50. The van der Waals surface area contributed by atoms with Gasteiger partial charge in [0.25, 0.3) is 5.91 Å². The molecule has 1 saturated heterocycles. The molecule has 3 heterocycles. The van der Waals surface area contributed by atoms with Crippen LogP contribution in [0.4, 0.5) is 4.39 Å². The van der Waals surface area contributed by atoms with E-state index in [0.29, 0.717) is 47.4 Å². The first-order valence-electron chi connectivity index (χ1n) is 11.1. The van der Waals surface area contributed by atoms with E-state index in [-0.39, 0.29) is 11.6 Å². The number of nitrogens with zero attached hydrogens (tertiary/aromatic N) is 4. The number of nitrogens with one attached hydrogen (secondary N) is 1. The van der Waals surface area contributed by atoms with Crippen molar-refractivity contribution in [2.24, 2.45) is 0 Å². The van der Waals surface area contributed by atoms with Crippen molar-refractivity contribution in [3.63, 3.8) is 0 Å². The summed E-state index contributed by atoms with van der Waals surface area (Å²) in [5, 5.41) is 8.20. The average Bonchev–Trinajstić information content (AvgIpc) is 3.29. The number of carbonyl (C=O) groups excluding carboxylic acids is 1. The zero-order chi connectivity index (χ0) is 23.5. The number of benzene rings is 2. The summed E-state index contributed by atoms with van der Waals surface area (Å²) in [5.74, 6) is -0.709. The second-order valence-electron chi connectivity index (χ2n) is 8.02. The lowest BCUT2D eigenvalue weighted by molar-refractivity contribution is 0.0383. The summed E-state index contributed by atoms with van der Waals surface area (Å²) in [7, 11) is 0. The van der Waals surface area contributed by atoms with E-state index in [9.17, 15) is 9.18 Å². The van der Waals surface area contributed by atoms with Crippen LogP contribution in [0, 0.1) is 5.82 Å². The van der Waals surface area contributed by atoms with Crippen molar-refractivity contribution >= 4 is 23.2 Å². The van der Waals surface area contributed by atoms with Crippen molar-refractivity contribution in [3.8, 4) is 22.5 Å². The largest absolute Gasteiger partial charge is 0.379 e. The van der Waals surface area contributed by atoms with Crippen molar-refractivity contribution in [2.75, 3.05) is 39.4 Å². The zero-order valence-corrected chi connectivity index (χ0v) is 19.1. The van der Waals surface area contributed by atoms with Gasteiger partial charge in [-0.05, 0) is 30.3 Å². The normalized spacial score (nSPS) is 14.4. The predicted molar refractivity (Wildman–Crippen MR) is 128 cm³/mol. The van der Waals surface area contributed by atoms with Crippen molar-refractivity contribution in [1.29, 1.82) is 0 Å². The molecule has 7 nitrogen and oxygen atoms in total. The number of aromatic nitrogens is 3. The van der Waals surface area contributed by atoms with E-state index in [1.165, 1.54) is 10.6 Å². The monoisotopic (exact) mass is 479 g/mol. The van der Waals surface area contributed by atoms with Crippen LogP contribution in [0.5, 0.6) is 0 Å². The SMILES string of the molecule is O=C(NCCN1CCOCC1)c1cc(-c2ccccc2F)nc2cc(-c3ccc(Cl)cc3)nn12. The summed E-state index contributed by atoms with van der Waals surface area (Å²) in [6, 6.07) is 17.0. The van der Waals surface area contributed by atoms with Crippen LogP contribution in [0.3, 0.4) is 0 Å². The molecule has 1 fully saturated rings. The molecule has 9 heteroatoms. The number of rotatable bonds is 6. The summed E-state index contributed by atoms with van der Waals surface area (Å²) < 4.78 is 21.4. The van der Waals surface area contributed by atoms with Gasteiger partial charge in [0, 0.05) is 48.4 Å². The van der Waals surface area contributed by atoms with E-state index in [1.807, 2.05) is 12.1 Å². The fraction of sp³-hybridized carbons (Fsp3) is 0.240. The Kier molecular flexibility index (Phi) is 6.53. The van der Waals surface area contributed by atoms with Crippen LogP contribution in [0.15, 0.2) is 60.7 Å². The fourth-order valence-electron chi connectivity index (χ4n) is 3.95. The number of morpholine rings is 1. The van der Waals surface area contributed by atoms with Gasteiger partial charge in [-0.2, -0.15) is 5.10 Å². The summed E-state index contributed by atoms with van der Waals surface area (Å²) in [6.45, 7) is 4.28. The van der Waals surface area contributed by atoms with Crippen LogP contribution in [0.2, 0.25) is 5.02 Å². The summed E-state index contributed by atoms with van der Waals surface area (Å²) in [5.41, 5.74) is 2.89. The highest BCUT2D eigenvalue weighted by atomic mass is 35.5. The number of hydrogen-bond donors (Lipinski definition) is 1. The van der Waals surface area contributed by atoms with Gasteiger partial charge in [0.1, 0.15) is 11.5 Å². The molecule has 2 aromatic heterocycles. The predicted octanol–water partition coefficient (Wildman–Crippen LogP) is 3.92. The Hall–Kier alpha value is -3.33. The molecule has 174 valence electrons. The van der Waals surface area contributed by atoms with E-state index in [2.05, 4.69) is 20.3 Å². The van der Waals surface area contributed by atoms with Crippen LogP contribution >= 0.6 is 11.6 Å². The molecule has 0 aliphatic carbocycles. The van der Waals surface area contributed by atoms with Gasteiger partial charge in [0.2, 0.25) is 0 Å². The second kappa shape index (κ2) is 9.89. The van der Waals surface area contributed by atoms with Crippen molar-refractivity contribution in [3.05, 3.63) is 77.2 Å². The van der Waals surface area contributed by atoms with Crippen molar-refractivity contribution in [2.45, 2.75) is 0 Å². The molecule has 5 rings (SSSR count). The van der Waals surface area contributed by atoms with Gasteiger partial charge < -0.3 is 10.1 Å². The van der Waals surface area contributed by atoms with E-state index in [4.69, 9.17) is 16.3 Å². The first-order chi connectivity index (χ1) is 16.6. The number of ether oxygens (including phenoxy) is 1. The molecule has 0 radical (unpaired) electrons. The molecule has 2 aromatic carbocycles. The van der Waals surface area contributed by atoms with Crippen molar-refractivity contribution < 1.29 is 13.9 Å². The Bertz CT molecular complexity index is 1320. The standard InChI is InChI=1S/C25H23ClFN5O2/c26-18-7-5-17(6-8-18)21-16-24-29-22(19-3-1-2-4-20(19)27)15-23(32(24)30-21)25(33)28-9-10-31-11-13-34-14-12-31/h1-8,15-16H,9-14H2,(H,28,33). The molecule has 0 saturated carbocycles. The lowest BCUT2D eigenvalue weighted by atomic mass is 10.1. The minimum absolute atomic E-state index is 0.283. The van der Waals surface area contributed by atoms with Gasteiger partial charge in [-0.25, -0.2) is 13.9 Å². The third-order valence-corrected chi connectivity index (χ3v) is 6.02. The van der Waals surface area contributed by atoms with Crippen molar-refractivity contribution in [1.82, 2.24) is 24.8 Å². The molecule has 0 bridgehead atoms. The first-order valence-corrected chi connectivity index (χ1v) is 11.5. The minimum Gasteiger partial charge on any atom is -0.379 e. The molecule has 1 aliphatic heterocycles. The Labute approximate surface area is 201 Å². The van der Waals surface area contributed by atoms with E-state index in [0.717, 1.165) is 25.2 Å². The number of hydrogen-bond acceptors (Lipinski definition) is 5. The molecular formula is C25H23ClFN5O2. The van der Waals surface area contributed by atoms with Crippen LogP contribution < -0.4 is 5.32 Å². The Morgan fingerprint density at radius 2 is 1.82 bits per heavy atom. The number of amides is 1. The third kappa shape index (κ3) is 4.79. The summed E-state index contributed by atoms with van der Waals surface area (Å²) in [4.78, 5) is 20.0. The van der Waals surface area contributed by atoms with Crippen LogP contribution in [0.25, 0.3) is 28.2 Å². The van der Waals surface area contributed by atoms with Gasteiger partial charge in [-0.15, -0.1) is 0 Å². The maximum Gasteiger partial charge on any atom is 0.270 e.